The third-order valence-corrected chi connectivity index (χ3v) is 5.29. The molecule has 7 nitrogen and oxygen atoms in total. The molecule has 2 heterocycles. The van der Waals surface area contributed by atoms with Crippen LogP contribution < -0.4 is 16.0 Å². The summed E-state index contributed by atoms with van der Waals surface area (Å²) in [5.74, 6) is 0.806. The Labute approximate surface area is 164 Å². The summed E-state index contributed by atoms with van der Waals surface area (Å²) in [5.41, 5.74) is 1.04. The van der Waals surface area contributed by atoms with Crippen LogP contribution in [0, 0.1) is 0 Å². The van der Waals surface area contributed by atoms with Crippen molar-refractivity contribution in [2.24, 2.45) is 4.99 Å². The number of para-hydroxylation sites is 1. The van der Waals surface area contributed by atoms with E-state index in [1.165, 1.54) is 4.70 Å². The molecule has 1 unspecified atom stereocenters. The fourth-order valence-corrected chi connectivity index (χ4v) is 3.78. The molecule has 8 heteroatoms. The highest BCUT2D eigenvalue weighted by molar-refractivity contribution is 7.22. The normalized spacial score (nSPS) is 17.4. The topological polar surface area (TPSA) is 79.8 Å². The van der Waals surface area contributed by atoms with Crippen LogP contribution in [0.2, 0.25) is 0 Å². The molecule has 0 bridgehead atoms. The van der Waals surface area contributed by atoms with E-state index in [1.807, 2.05) is 18.2 Å². The number of nitrogens with zero attached hydrogens (tertiary/aromatic N) is 2. The number of nitrogens with one attached hydrogen (secondary N) is 3. The third kappa shape index (κ3) is 6.64. The molecule has 0 radical (unpaired) electrons. The van der Waals surface area contributed by atoms with Crippen molar-refractivity contribution in [3.63, 3.8) is 0 Å². The van der Waals surface area contributed by atoms with Crippen LogP contribution in [-0.2, 0) is 9.47 Å². The quantitative estimate of drug-likeness (QED) is 0.328. The van der Waals surface area contributed by atoms with Gasteiger partial charge in [0.25, 0.3) is 0 Å². The summed E-state index contributed by atoms with van der Waals surface area (Å²) in [7, 11) is 1.78. The van der Waals surface area contributed by atoms with E-state index in [2.05, 4.69) is 32.0 Å². The average Bonchev–Trinajstić information content (AvgIpc) is 3.35. The molecule has 1 aliphatic heterocycles. The van der Waals surface area contributed by atoms with Gasteiger partial charge >= 0.3 is 0 Å². The first-order chi connectivity index (χ1) is 13.3. The molecule has 0 aliphatic carbocycles. The highest BCUT2D eigenvalue weighted by atomic mass is 32.1. The number of fused-ring (bicyclic) bond motifs is 1. The molecular formula is C19H29N5O2S. The molecule has 1 aliphatic rings. The molecule has 0 saturated carbocycles. The zero-order chi connectivity index (χ0) is 18.7. The fourth-order valence-electron chi connectivity index (χ4n) is 2.89. The first-order valence-electron chi connectivity index (χ1n) is 9.58. The van der Waals surface area contributed by atoms with Gasteiger partial charge in [0.2, 0.25) is 0 Å². The van der Waals surface area contributed by atoms with Gasteiger partial charge in [-0.1, -0.05) is 23.5 Å². The first-order valence-corrected chi connectivity index (χ1v) is 10.4. The van der Waals surface area contributed by atoms with E-state index in [4.69, 9.17) is 9.47 Å². The summed E-state index contributed by atoms with van der Waals surface area (Å²) < 4.78 is 12.4. The zero-order valence-electron chi connectivity index (χ0n) is 15.9. The Morgan fingerprint density at radius 2 is 2.19 bits per heavy atom. The predicted molar refractivity (Wildman–Crippen MR) is 112 cm³/mol. The lowest BCUT2D eigenvalue weighted by molar-refractivity contribution is 0.0168. The lowest BCUT2D eigenvalue weighted by Gasteiger charge is -2.13. The highest BCUT2D eigenvalue weighted by Gasteiger charge is 2.14. The van der Waals surface area contributed by atoms with Crippen molar-refractivity contribution in [2.45, 2.75) is 25.4 Å². The van der Waals surface area contributed by atoms with Crippen LogP contribution in [0.1, 0.15) is 19.3 Å². The molecule has 0 spiro atoms. The number of aliphatic imine (C=N–C) groups is 1. The number of benzene rings is 1. The smallest absolute Gasteiger partial charge is 0.191 e. The zero-order valence-corrected chi connectivity index (χ0v) is 16.7. The van der Waals surface area contributed by atoms with Gasteiger partial charge in [-0.05, 0) is 31.4 Å². The van der Waals surface area contributed by atoms with E-state index in [0.29, 0.717) is 12.7 Å². The highest BCUT2D eigenvalue weighted by Crippen LogP contribution is 2.24. The maximum atomic E-state index is 5.66. The Kier molecular flexibility index (Phi) is 8.13. The fraction of sp³-hybridized carbons (Fsp3) is 0.579. The molecular weight excluding hydrogens is 362 g/mol. The van der Waals surface area contributed by atoms with Crippen molar-refractivity contribution in [1.29, 1.82) is 0 Å². The number of aromatic nitrogens is 1. The molecule has 148 valence electrons. The van der Waals surface area contributed by atoms with Gasteiger partial charge in [-0.2, -0.15) is 0 Å². The van der Waals surface area contributed by atoms with Gasteiger partial charge in [-0.3, -0.25) is 4.99 Å². The second-order valence-corrected chi connectivity index (χ2v) is 7.43. The Morgan fingerprint density at radius 1 is 1.30 bits per heavy atom. The molecule has 1 fully saturated rings. The van der Waals surface area contributed by atoms with E-state index in [0.717, 1.165) is 68.7 Å². The van der Waals surface area contributed by atoms with Gasteiger partial charge in [-0.15, -0.1) is 0 Å². The number of anilines is 1. The average molecular weight is 392 g/mol. The molecule has 3 rings (SSSR count). The van der Waals surface area contributed by atoms with Gasteiger partial charge in [0, 0.05) is 39.9 Å². The minimum absolute atomic E-state index is 0.301. The van der Waals surface area contributed by atoms with E-state index in [1.54, 1.807) is 18.4 Å². The van der Waals surface area contributed by atoms with E-state index in [-0.39, 0.29) is 0 Å². The molecule has 0 amide bonds. The van der Waals surface area contributed by atoms with Crippen molar-refractivity contribution in [2.75, 3.05) is 51.8 Å². The van der Waals surface area contributed by atoms with Gasteiger partial charge in [0.1, 0.15) is 0 Å². The van der Waals surface area contributed by atoms with Crippen LogP contribution in [0.4, 0.5) is 5.13 Å². The van der Waals surface area contributed by atoms with Gasteiger partial charge in [-0.25, -0.2) is 4.98 Å². The summed E-state index contributed by atoms with van der Waals surface area (Å²) in [4.78, 5) is 8.81. The van der Waals surface area contributed by atoms with Crippen molar-refractivity contribution in [1.82, 2.24) is 15.6 Å². The van der Waals surface area contributed by atoms with Crippen LogP contribution in [0.5, 0.6) is 0 Å². The molecule has 1 aromatic carbocycles. The summed E-state index contributed by atoms with van der Waals surface area (Å²) >= 11 is 1.67. The maximum absolute atomic E-state index is 5.66. The van der Waals surface area contributed by atoms with Crippen LogP contribution in [-0.4, -0.2) is 63.6 Å². The first kappa shape index (κ1) is 19.9. The predicted octanol–water partition coefficient (Wildman–Crippen LogP) is 2.46. The SMILES string of the molecule is CN=C(NCCCOCC1CCCO1)NCCNc1nc2ccccc2s1. The van der Waals surface area contributed by atoms with Crippen molar-refractivity contribution in [3.05, 3.63) is 24.3 Å². The van der Waals surface area contributed by atoms with Gasteiger partial charge in [0.05, 0.1) is 22.9 Å². The van der Waals surface area contributed by atoms with Gasteiger partial charge in [0.15, 0.2) is 11.1 Å². The number of ether oxygens (including phenoxy) is 2. The Hall–Kier alpha value is -1.90. The summed E-state index contributed by atoms with van der Waals surface area (Å²) in [6.45, 7) is 4.71. The van der Waals surface area contributed by atoms with Crippen molar-refractivity contribution in [3.8, 4) is 0 Å². The number of thiazole rings is 1. The number of rotatable bonds is 10. The molecule has 1 atom stereocenters. The summed E-state index contributed by atoms with van der Waals surface area (Å²) in [5, 5.41) is 10.9. The van der Waals surface area contributed by atoms with Crippen LogP contribution in [0.25, 0.3) is 10.2 Å². The Morgan fingerprint density at radius 3 is 3.00 bits per heavy atom. The lowest BCUT2D eigenvalue weighted by atomic mass is 10.2. The minimum Gasteiger partial charge on any atom is -0.379 e. The Bertz CT molecular complexity index is 682. The Balaban J connectivity index is 1.23. The minimum atomic E-state index is 0.301. The largest absolute Gasteiger partial charge is 0.379 e. The third-order valence-electron chi connectivity index (χ3n) is 4.30. The van der Waals surface area contributed by atoms with Crippen LogP contribution >= 0.6 is 11.3 Å². The van der Waals surface area contributed by atoms with E-state index < -0.39 is 0 Å². The summed E-state index contributed by atoms with van der Waals surface area (Å²) in [6.07, 6.45) is 3.53. The van der Waals surface area contributed by atoms with Gasteiger partial charge < -0.3 is 25.4 Å². The molecule has 3 N–H and O–H groups in total. The molecule has 2 aromatic rings. The van der Waals surface area contributed by atoms with E-state index in [9.17, 15) is 0 Å². The van der Waals surface area contributed by atoms with E-state index >= 15 is 0 Å². The number of hydrogen-bond acceptors (Lipinski definition) is 6. The number of guanidine groups is 1. The second kappa shape index (κ2) is 11.1. The number of hydrogen-bond donors (Lipinski definition) is 3. The molecule has 1 saturated heterocycles. The monoisotopic (exact) mass is 391 g/mol. The van der Waals surface area contributed by atoms with Crippen LogP contribution in [0.15, 0.2) is 29.3 Å². The lowest BCUT2D eigenvalue weighted by Crippen LogP contribution is -2.40. The molecule has 27 heavy (non-hydrogen) atoms. The second-order valence-electron chi connectivity index (χ2n) is 6.40. The standard InChI is InChI=1S/C19H29N5O2S/c1-20-18(21-9-5-12-25-14-15-6-4-13-26-15)22-10-11-23-19-24-16-7-2-3-8-17(16)27-19/h2-3,7-8,15H,4-6,9-14H2,1H3,(H,23,24)(H2,20,21,22). The van der Waals surface area contributed by atoms with Crippen molar-refractivity contribution >= 4 is 32.6 Å². The van der Waals surface area contributed by atoms with Crippen molar-refractivity contribution < 1.29 is 9.47 Å². The maximum Gasteiger partial charge on any atom is 0.191 e. The van der Waals surface area contributed by atoms with Crippen LogP contribution in [0.3, 0.4) is 0 Å². The molecule has 1 aromatic heterocycles. The summed E-state index contributed by atoms with van der Waals surface area (Å²) in [6, 6.07) is 8.17.